The van der Waals surface area contributed by atoms with Crippen molar-refractivity contribution < 1.29 is 17.9 Å². The maximum absolute atomic E-state index is 12.2. The van der Waals surface area contributed by atoms with Gasteiger partial charge in [-0.05, 0) is 38.5 Å². The highest BCUT2D eigenvalue weighted by Crippen LogP contribution is 2.25. The molecule has 1 aliphatic rings. The van der Waals surface area contributed by atoms with Crippen LogP contribution in [0.1, 0.15) is 65.2 Å². The molecule has 0 aromatic heterocycles. The molecular formula is C15H28F3NO. The van der Waals surface area contributed by atoms with E-state index in [-0.39, 0.29) is 6.10 Å². The van der Waals surface area contributed by atoms with Gasteiger partial charge in [0.2, 0.25) is 0 Å². The van der Waals surface area contributed by atoms with Crippen LogP contribution in [0.3, 0.4) is 0 Å². The summed E-state index contributed by atoms with van der Waals surface area (Å²) in [5.41, 5.74) is 0. The fraction of sp³-hybridized carbons (Fsp3) is 1.00. The van der Waals surface area contributed by atoms with Gasteiger partial charge < -0.3 is 10.1 Å². The second-order valence-electron chi connectivity index (χ2n) is 5.85. The van der Waals surface area contributed by atoms with Crippen molar-refractivity contribution in [2.24, 2.45) is 0 Å². The molecule has 2 nitrogen and oxygen atoms in total. The number of hydrogen-bond donors (Lipinski definition) is 1. The molecule has 1 aliphatic carbocycles. The second kappa shape index (κ2) is 8.88. The van der Waals surface area contributed by atoms with Crippen LogP contribution in [0, 0.1) is 0 Å². The van der Waals surface area contributed by atoms with E-state index in [9.17, 15) is 13.2 Å². The number of hydrogen-bond acceptors (Lipinski definition) is 2. The number of halogens is 3. The van der Waals surface area contributed by atoms with Crippen molar-refractivity contribution in [3.05, 3.63) is 0 Å². The van der Waals surface area contributed by atoms with Gasteiger partial charge in [-0.15, -0.1) is 0 Å². The highest BCUT2D eigenvalue weighted by Gasteiger charge is 2.31. The number of alkyl halides is 3. The van der Waals surface area contributed by atoms with Crippen LogP contribution in [0.25, 0.3) is 0 Å². The summed E-state index contributed by atoms with van der Waals surface area (Å²) in [5.74, 6) is 0. The monoisotopic (exact) mass is 295 g/mol. The van der Waals surface area contributed by atoms with Crippen LogP contribution in [-0.4, -0.2) is 31.0 Å². The summed E-state index contributed by atoms with van der Waals surface area (Å²) < 4.78 is 41.5. The standard InChI is InChI=1S/C15H28F3NO/c1-3-6-12(7-4-2)19-13-8-5-9-14(10-13)20-11-15(16,17)18/h12-14,19H,3-11H2,1-2H3. The van der Waals surface area contributed by atoms with E-state index in [1.54, 1.807) is 0 Å². The molecule has 1 rings (SSSR count). The summed E-state index contributed by atoms with van der Waals surface area (Å²) in [5, 5.41) is 3.62. The average molecular weight is 295 g/mol. The van der Waals surface area contributed by atoms with Gasteiger partial charge in [0.05, 0.1) is 6.10 Å². The predicted octanol–water partition coefficient (Wildman–Crippen LogP) is 4.43. The number of nitrogens with one attached hydrogen (secondary N) is 1. The Bertz CT molecular complexity index is 252. The van der Waals surface area contributed by atoms with E-state index in [4.69, 9.17) is 4.74 Å². The Hall–Kier alpha value is -0.290. The summed E-state index contributed by atoms with van der Waals surface area (Å²) in [7, 11) is 0. The first-order valence-corrected chi connectivity index (χ1v) is 7.89. The van der Waals surface area contributed by atoms with Gasteiger partial charge in [0.15, 0.2) is 0 Å². The van der Waals surface area contributed by atoms with Crippen LogP contribution in [0.5, 0.6) is 0 Å². The summed E-state index contributed by atoms with van der Waals surface area (Å²) >= 11 is 0. The van der Waals surface area contributed by atoms with Crippen LogP contribution in [0.2, 0.25) is 0 Å². The van der Waals surface area contributed by atoms with E-state index in [1.807, 2.05) is 0 Å². The highest BCUT2D eigenvalue weighted by atomic mass is 19.4. The predicted molar refractivity (Wildman–Crippen MR) is 74.8 cm³/mol. The lowest BCUT2D eigenvalue weighted by Crippen LogP contribution is -2.43. The first-order chi connectivity index (χ1) is 9.44. The summed E-state index contributed by atoms with van der Waals surface area (Å²) in [4.78, 5) is 0. The minimum atomic E-state index is -4.21. The van der Waals surface area contributed by atoms with E-state index in [1.165, 1.54) is 0 Å². The molecule has 0 amide bonds. The minimum absolute atomic E-state index is 0.244. The van der Waals surface area contributed by atoms with E-state index in [0.717, 1.165) is 44.9 Å². The molecule has 0 radical (unpaired) electrons. The second-order valence-corrected chi connectivity index (χ2v) is 5.85. The van der Waals surface area contributed by atoms with Crippen LogP contribution in [0.15, 0.2) is 0 Å². The zero-order chi connectivity index (χ0) is 15.0. The molecule has 1 fully saturated rings. The zero-order valence-electron chi connectivity index (χ0n) is 12.6. The molecule has 0 aromatic rings. The molecule has 1 saturated carbocycles. The first kappa shape index (κ1) is 17.8. The lowest BCUT2D eigenvalue weighted by atomic mass is 9.91. The molecule has 0 heterocycles. The van der Waals surface area contributed by atoms with Crippen molar-refractivity contribution in [2.45, 2.75) is 89.6 Å². The largest absolute Gasteiger partial charge is 0.411 e. The van der Waals surface area contributed by atoms with Crippen molar-refractivity contribution >= 4 is 0 Å². The molecule has 20 heavy (non-hydrogen) atoms. The smallest absolute Gasteiger partial charge is 0.369 e. The maximum atomic E-state index is 12.2. The van der Waals surface area contributed by atoms with Gasteiger partial charge in [0.25, 0.3) is 0 Å². The number of ether oxygens (including phenoxy) is 1. The van der Waals surface area contributed by atoms with Crippen molar-refractivity contribution in [1.29, 1.82) is 0 Å². The Balaban J connectivity index is 2.35. The van der Waals surface area contributed by atoms with Gasteiger partial charge in [0.1, 0.15) is 6.61 Å². The summed E-state index contributed by atoms with van der Waals surface area (Å²) in [6, 6.07) is 0.807. The summed E-state index contributed by atoms with van der Waals surface area (Å²) in [6.45, 7) is 3.22. The van der Waals surface area contributed by atoms with Gasteiger partial charge in [-0.1, -0.05) is 26.7 Å². The van der Waals surface area contributed by atoms with Gasteiger partial charge in [-0.25, -0.2) is 0 Å². The van der Waals surface area contributed by atoms with Gasteiger partial charge in [-0.3, -0.25) is 0 Å². The minimum Gasteiger partial charge on any atom is -0.369 e. The van der Waals surface area contributed by atoms with E-state index < -0.39 is 12.8 Å². The quantitative estimate of drug-likeness (QED) is 0.715. The van der Waals surface area contributed by atoms with E-state index >= 15 is 0 Å². The fourth-order valence-electron chi connectivity index (χ4n) is 3.00. The molecule has 0 saturated heterocycles. The van der Waals surface area contributed by atoms with Crippen LogP contribution >= 0.6 is 0 Å². The van der Waals surface area contributed by atoms with Crippen LogP contribution < -0.4 is 5.32 Å². The lowest BCUT2D eigenvalue weighted by Gasteiger charge is -2.33. The Morgan fingerprint density at radius 3 is 2.35 bits per heavy atom. The molecule has 0 aliphatic heterocycles. The fourth-order valence-corrected chi connectivity index (χ4v) is 3.00. The molecule has 0 aromatic carbocycles. The Kier molecular flexibility index (Phi) is 7.88. The van der Waals surface area contributed by atoms with Crippen molar-refractivity contribution in [1.82, 2.24) is 5.32 Å². The van der Waals surface area contributed by atoms with E-state index in [2.05, 4.69) is 19.2 Å². The molecule has 0 bridgehead atoms. The van der Waals surface area contributed by atoms with Crippen molar-refractivity contribution in [2.75, 3.05) is 6.61 Å². The Morgan fingerprint density at radius 1 is 1.15 bits per heavy atom. The Morgan fingerprint density at radius 2 is 1.80 bits per heavy atom. The van der Waals surface area contributed by atoms with Crippen molar-refractivity contribution in [3.63, 3.8) is 0 Å². The SMILES string of the molecule is CCCC(CCC)NC1CCCC(OCC(F)(F)F)C1. The zero-order valence-corrected chi connectivity index (χ0v) is 12.6. The molecule has 120 valence electrons. The first-order valence-electron chi connectivity index (χ1n) is 7.89. The normalized spacial score (nSPS) is 24.3. The van der Waals surface area contributed by atoms with E-state index in [0.29, 0.717) is 18.5 Å². The number of rotatable bonds is 8. The van der Waals surface area contributed by atoms with Crippen molar-refractivity contribution in [3.8, 4) is 0 Å². The van der Waals surface area contributed by atoms with Gasteiger partial charge in [0, 0.05) is 12.1 Å². The molecule has 5 heteroatoms. The third-order valence-electron chi connectivity index (χ3n) is 3.85. The topological polar surface area (TPSA) is 21.3 Å². The highest BCUT2D eigenvalue weighted by molar-refractivity contribution is 4.82. The van der Waals surface area contributed by atoms with Gasteiger partial charge in [-0.2, -0.15) is 13.2 Å². The van der Waals surface area contributed by atoms with Crippen LogP contribution in [-0.2, 0) is 4.74 Å². The Labute approximate surface area is 120 Å². The third-order valence-corrected chi connectivity index (χ3v) is 3.85. The molecule has 2 atom stereocenters. The van der Waals surface area contributed by atoms with Crippen LogP contribution in [0.4, 0.5) is 13.2 Å². The molecule has 0 spiro atoms. The molecule has 2 unspecified atom stereocenters. The average Bonchev–Trinajstić information content (AvgIpc) is 2.37. The lowest BCUT2D eigenvalue weighted by molar-refractivity contribution is -0.188. The molecule has 1 N–H and O–H groups in total. The third kappa shape index (κ3) is 7.48. The summed E-state index contributed by atoms with van der Waals surface area (Å²) in [6.07, 6.45) is 3.55. The van der Waals surface area contributed by atoms with Gasteiger partial charge >= 0.3 is 6.18 Å². The molecular weight excluding hydrogens is 267 g/mol. The maximum Gasteiger partial charge on any atom is 0.411 e.